The van der Waals surface area contributed by atoms with E-state index < -0.39 is 0 Å². The summed E-state index contributed by atoms with van der Waals surface area (Å²) < 4.78 is 1.79. The molecule has 0 aliphatic heterocycles. The molecule has 0 radical (unpaired) electrons. The van der Waals surface area contributed by atoms with Crippen LogP contribution in [0.2, 0.25) is 5.28 Å². The van der Waals surface area contributed by atoms with E-state index in [1.807, 2.05) is 25.1 Å². The van der Waals surface area contributed by atoms with Gasteiger partial charge >= 0.3 is 0 Å². The van der Waals surface area contributed by atoms with Crippen molar-refractivity contribution in [1.29, 1.82) is 0 Å². The van der Waals surface area contributed by atoms with E-state index in [1.54, 1.807) is 4.68 Å². The standard InChI is InChI=1S/C10H10ClN3/c1-8-12-10(11)13-14(8)7-9-5-3-2-4-6-9/h2-6H,7H2,1H3. The smallest absolute Gasteiger partial charge is 0.242 e. The monoisotopic (exact) mass is 207 g/mol. The van der Waals surface area contributed by atoms with E-state index in [4.69, 9.17) is 11.6 Å². The second-order valence-electron chi connectivity index (χ2n) is 3.07. The van der Waals surface area contributed by atoms with Crippen molar-refractivity contribution >= 4 is 11.6 Å². The molecule has 0 aliphatic carbocycles. The molecule has 1 aromatic carbocycles. The maximum atomic E-state index is 5.69. The zero-order valence-electron chi connectivity index (χ0n) is 7.81. The average molecular weight is 208 g/mol. The van der Waals surface area contributed by atoms with Gasteiger partial charge in [0.15, 0.2) is 0 Å². The first-order valence-electron chi connectivity index (χ1n) is 4.36. The predicted molar refractivity (Wildman–Crippen MR) is 55.3 cm³/mol. The summed E-state index contributed by atoms with van der Waals surface area (Å²) in [5.41, 5.74) is 1.19. The van der Waals surface area contributed by atoms with E-state index in [2.05, 4.69) is 22.2 Å². The Balaban J connectivity index is 2.23. The van der Waals surface area contributed by atoms with Crippen LogP contribution in [0.15, 0.2) is 30.3 Å². The first-order valence-corrected chi connectivity index (χ1v) is 4.74. The van der Waals surface area contributed by atoms with Gasteiger partial charge < -0.3 is 0 Å². The third-order valence-electron chi connectivity index (χ3n) is 2.01. The van der Waals surface area contributed by atoms with E-state index in [9.17, 15) is 0 Å². The number of hydrogen-bond acceptors (Lipinski definition) is 2. The van der Waals surface area contributed by atoms with Crippen molar-refractivity contribution < 1.29 is 0 Å². The zero-order chi connectivity index (χ0) is 9.97. The predicted octanol–water partition coefficient (Wildman–Crippen LogP) is 2.29. The Morgan fingerprint density at radius 3 is 2.57 bits per heavy atom. The van der Waals surface area contributed by atoms with E-state index in [1.165, 1.54) is 5.56 Å². The number of halogens is 1. The van der Waals surface area contributed by atoms with Crippen molar-refractivity contribution in [2.45, 2.75) is 13.5 Å². The Morgan fingerprint density at radius 1 is 1.29 bits per heavy atom. The average Bonchev–Trinajstić information content (AvgIpc) is 2.47. The number of rotatable bonds is 2. The van der Waals surface area contributed by atoms with Gasteiger partial charge in [0.05, 0.1) is 6.54 Å². The van der Waals surface area contributed by atoms with Crippen LogP contribution in [0.5, 0.6) is 0 Å². The van der Waals surface area contributed by atoms with Crippen LogP contribution in [0.25, 0.3) is 0 Å². The number of aryl methyl sites for hydroxylation is 1. The highest BCUT2D eigenvalue weighted by atomic mass is 35.5. The van der Waals surface area contributed by atoms with Gasteiger partial charge in [-0.05, 0) is 24.1 Å². The van der Waals surface area contributed by atoms with Gasteiger partial charge in [0.1, 0.15) is 5.82 Å². The highest BCUT2D eigenvalue weighted by molar-refractivity contribution is 6.28. The molecule has 1 aromatic heterocycles. The van der Waals surface area contributed by atoms with E-state index in [0.717, 1.165) is 5.82 Å². The Morgan fingerprint density at radius 2 is 2.00 bits per heavy atom. The summed E-state index contributed by atoms with van der Waals surface area (Å²) in [5, 5.41) is 4.38. The van der Waals surface area contributed by atoms with Crippen molar-refractivity contribution in [3.63, 3.8) is 0 Å². The normalized spacial score (nSPS) is 10.4. The topological polar surface area (TPSA) is 30.7 Å². The minimum Gasteiger partial charge on any atom is -0.244 e. The first kappa shape index (κ1) is 9.21. The summed E-state index contributed by atoms with van der Waals surface area (Å²) in [4.78, 5) is 4.02. The highest BCUT2D eigenvalue weighted by Gasteiger charge is 2.03. The molecule has 0 spiro atoms. The Labute approximate surface area is 87.3 Å². The molecule has 0 unspecified atom stereocenters. The molecule has 0 atom stereocenters. The molecule has 0 N–H and O–H groups in total. The summed E-state index contributed by atoms with van der Waals surface area (Å²) >= 11 is 5.69. The molecule has 2 rings (SSSR count). The van der Waals surface area contributed by atoms with Crippen LogP contribution in [0.4, 0.5) is 0 Å². The zero-order valence-corrected chi connectivity index (χ0v) is 8.57. The van der Waals surface area contributed by atoms with Crippen LogP contribution in [-0.4, -0.2) is 14.8 Å². The van der Waals surface area contributed by atoms with Gasteiger partial charge in [-0.15, -0.1) is 5.10 Å². The summed E-state index contributed by atoms with van der Waals surface area (Å²) in [6.07, 6.45) is 0. The van der Waals surface area contributed by atoms with Crippen LogP contribution in [0, 0.1) is 6.92 Å². The number of nitrogens with zero attached hydrogens (tertiary/aromatic N) is 3. The fourth-order valence-corrected chi connectivity index (χ4v) is 1.51. The lowest BCUT2D eigenvalue weighted by molar-refractivity contribution is 0.661. The van der Waals surface area contributed by atoms with Gasteiger partial charge in [0, 0.05) is 0 Å². The van der Waals surface area contributed by atoms with Crippen LogP contribution in [-0.2, 0) is 6.54 Å². The summed E-state index contributed by atoms with van der Waals surface area (Å²) in [6, 6.07) is 10.1. The van der Waals surface area contributed by atoms with E-state index in [0.29, 0.717) is 11.8 Å². The lowest BCUT2D eigenvalue weighted by Gasteiger charge is -2.01. The number of aromatic nitrogens is 3. The van der Waals surface area contributed by atoms with Crippen molar-refractivity contribution in [2.24, 2.45) is 0 Å². The van der Waals surface area contributed by atoms with Crippen LogP contribution in [0.3, 0.4) is 0 Å². The molecule has 72 valence electrons. The van der Waals surface area contributed by atoms with Crippen LogP contribution in [0.1, 0.15) is 11.4 Å². The minimum absolute atomic E-state index is 0.304. The van der Waals surface area contributed by atoms with Crippen LogP contribution >= 0.6 is 11.6 Å². The highest BCUT2D eigenvalue weighted by Crippen LogP contribution is 2.06. The molecule has 1 heterocycles. The van der Waals surface area contributed by atoms with Gasteiger partial charge in [-0.25, -0.2) is 9.67 Å². The van der Waals surface area contributed by atoms with E-state index >= 15 is 0 Å². The Hall–Kier alpha value is -1.35. The maximum absolute atomic E-state index is 5.69. The second kappa shape index (κ2) is 3.80. The molecule has 0 bridgehead atoms. The van der Waals surface area contributed by atoms with Crippen molar-refractivity contribution in [3.05, 3.63) is 47.0 Å². The van der Waals surface area contributed by atoms with Gasteiger partial charge in [-0.2, -0.15) is 0 Å². The Kier molecular flexibility index (Phi) is 2.50. The SMILES string of the molecule is Cc1nc(Cl)nn1Cc1ccccc1. The minimum atomic E-state index is 0.304. The van der Waals surface area contributed by atoms with E-state index in [-0.39, 0.29) is 0 Å². The maximum Gasteiger partial charge on any atom is 0.242 e. The molecule has 0 saturated heterocycles. The lowest BCUT2D eigenvalue weighted by atomic mass is 10.2. The molecule has 0 fully saturated rings. The van der Waals surface area contributed by atoms with Crippen LogP contribution < -0.4 is 0 Å². The fraction of sp³-hybridized carbons (Fsp3) is 0.200. The van der Waals surface area contributed by atoms with Gasteiger partial charge in [0.2, 0.25) is 5.28 Å². The number of benzene rings is 1. The fourth-order valence-electron chi connectivity index (χ4n) is 1.29. The molecule has 0 amide bonds. The third-order valence-corrected chi connectivity index (χ3v) is 2.17. The van der Waals surface area contributed by atoms with Crippen molar-refractivity contribution in [1.82, 2.24) is 14.8 Å². The van der Waals surface area contributed by atoms with Crippen molar-refractivity contribution in [3.8, 4) is 0 Å². The molecule has 2 aromatic rings. The van der Waals surface area contributed by atoms with Gasteiger partial charge in [-0.1, -0.05) is 30.3 Å². The lowest BCUT2D eigenvalue weighted by Crippen LogP contribution is -2.03. The van der Waals surface area contributed by atoms with Gasteiger partial charge in [-0.3, -0.25) is 0 Å². The third kappa shape index (κ3) is 1.93. The summed E-state index contributed by atoms with van der Waals surface area (Å²) in [7, 11) is 0. The largest absolute Gasteiger partial charge is 0.244 e. The molecule has 0 saturated carbocycles. The molecular formula is C10H10ClN3. The summed E-state index contributed by atoms with van der Waals surface area (Å²) in [5.74, 6) is 0.832. The summed E-state index contributed by atoms with van der Waals surface area (Å²) in [6.45, 7) is 2.61. The molecular weight excluding hydrogens is 198 g/mol. The number of hydrogen-bond donors (Lipinski definition) is 0. The quantitative estimate of drug-likeness (QED) is 0.757. The first-order chi connectivity index (χ1) is 6.75. The van der Waals surface area contributed by atoms with Gasteiger partial charge in [0.25, 0.3) is 0 Å². The second-order valence-corrected chi connectivity index (χ2v) is 3.41. The molecule has 0 aliphatic rings. The molecule has 14 heavy (non-hydrogen) atoms. The molecule has 4 heteroatoms. The Bertz CT molecular complexity index is 422. The molecule has 3 nitrogen and oxygen atoms in total. The van der Waals surface area contributed by atoms with Crippen molar-refractivity contribution in [2.75, 3.05) is 0 Å².